The number of halogens is 1. The van der Waals surface area contributed by atoms with Crippen molar-refractivity contribution in [2.24, 2.45) is 5.41 Å². The fourth-order valence-electron chi connectivity index (χ4n) is 2.61. The van der Waals surface area contributed by atoms with E-state index in [9.17, 15) is 14.3 Å². The minimum absolute atomic E-state index is 0.167. The average Bonchev–Trinajstić information content (AvgIpc) is 2.82. The SMILES string of the molecule is COc1cccc(F)c1C1(C(=O)O)CC1(C)C. The lowest BCUT2D eigenvalue weighted by Crippen LogP contribution is -2.27. The van der Waals surface area contributed by atoms with Crippen molar-refractivity contribution in [3.8, 4) is 5.75 Å². The van der Waals surface area contributed by atoms with Crippen molar-refractivity contribution in [1.29, 1.82) is 0 Å². The molecule has 1 fully saturated rings. The van der Waals surface area contributed by atoms with Gasteiger partial charge in [0.25, 0.3) is 0 Å². The van der Waals surface area contributed by atoms with E-state index >= 15 is 0 Å². The zero-order chi connectivity index (χ0) is 12.8. The molecule has 1 aliphatic carbocycles. The van der Waals surface area contributed by atoms with Crippen molar-refractivity contribution in [2.45, 2.75) is 25.7 Å². The monoisotopic (exact) mass is 238 g/mol. The zero-order valence-corrected chi connectivity index (χ0v) is 10.1. The lowest BCUT2D eigenvalue weighted by atomic mass is 9.87. The summed E-state index contributed by atoms with van der Waals surface area (Å²) in [6.07, 6.45) is 0.423. The van der Waals surface area contributed by atoms with Gasteiger partial charge in [-0.25, -0.2) is 4.39 Å². The standard InChI is InChI=1S/C13H15FO3/c1-12(2)7-13(12,11(15)16)10-8(14)5-4-6-9(10)17-3/h4-6H,7H2,1-3H3,(H,15,16). The lowest BCUT2D eigenvalue weighted by Gasteiger charge is -2.19. The van der Waals surface area contributed by atoms with Crippen LogP contribution in [0.4, 0.5) is 4.39 Å². The topological polar surface area (TPSA) is 46.5 Å². The molecular weight excluding hydrogens is 223 g/mol. The van der Waals surface area contributed by atoms with Gasteiger partial charge < -0.3 is 9.84 Å². The first-order valence-corrected chi connectivity index (χ1v) is 5.43. The van der Waals surface area contributed by atoms with Gasteiger partial charge in [-0.1, -0.05) is 19.9 Å². The molecule has 1 aromatic rings. The molecule has 0 spiro atoms. The van der Waals surface area contributed by atoms with Gasteiger partial charge in [0.2, 0.25) is 0 Å². The van der Waals surface area contributed by atoms with E-state index < -0.39 is 22.6 Å². The molecule has 4 heteroatoms. The third-order valence-electron chi connectivity index (χ3n) is 3.72. The number of rotatable bonds is 3. The van der Waals surface area contributed by atoms with Gasteiger partial charge in [-0.2, -0.15) is 0 Å². The number of carboxylic acids is 1. The molecule has 3 nitrogen and oxygen atoms in total. The van der Waals surface area contributed by atoms with E-state index in [0.717, 1.165) is 0 Å². The molecule has 0 amide bonds. The Morgan fingerprint density at radius 2 is 2.06 bits per heavy atom. The second-order valence-electron chi connectivity index (χ2n) is 5.09. The second-order valence-corrected chi connectivity index (χ2v) is 5.09. The zero-order valence-electron chi connectivity index (χ0n) is 10.1. The minimum atomic E-state index is -1.16. The van der Waals surface area contributed by atoms with Crippen LogP contribution in [0, 0.1) is 11.2 Å². The molecular formula is C13H15FO3. The molecule has 1 atom stereocenters. The molecule has 17 heavy (non-hydrogen) atoms. The highest BCUT2D eigenvalue weighted by atomic mass is 19.1. The summed E-state index contributed by atoms with van der Waals surface area (Å²) in [6.45, 7) is 3.65. The summed E-state index contributed by atoms with van der Waals surface area (Å²) in [5, 5.41) is 9.42. The van der Waals surface area contributed by atoms with Crippen molar-refractivity contribution < 1.29 is 19.0 Å². The number of hydrogen-bond donors (Lipinski definition) is 1. The number of ether oxygens (including phenoxy) is 1. The van der Waals surface area contributed by atoms with Crippen LogP contribution >= 0.6 is 0 Å². The van der Waals surface area contributed by atoms with Crippen LogP contribution in [-0.2, 0) is 10.2 Å². The summed E-state index contributed by atoms with van der Waals surface area (Å²) in [5.74, 6) is -1.21. The predicted molar refractivity (Wildman–Crippen MR) is 60.7 cm³/mol. The van der Waals surface area contributed by atoms with Crippen LogP contribution in [0.3, 0.4) is 0 Å². The molecule has 0 aliphatic heterocycles. The van der Waals surface area contributed by atoms with E-state index in [1.165, 1.54) is 19.2 Å². The van der Waals surface area contributed by atoms with Gasteiger partial charge >= 0.3 is 5.97 Å². The number of benzene rings is 1. The van der Waals surface area contributed by atoms with E-state index in [1.807, 2.05) is 13.8 Å². The summed E-state index contributed by atoms with van der Waals surface area (Å²) in [7, 11) is 1.42. The fourth-order valence-corrected chi connectivity index (χ4v) is 2.61. The first kappa shape index (κ1) is 11.9. The van der Waals surface area contributed by atoms with Crippen LogP contribution in [0.25, 0.3) is 0 Å². The number of methoxy groups -OCH3 is 1. The average molecular weight is 238 g/mol. The van der Waals surface area contributed by atoms with E-state index in [-0.39, 0.29) is 5.56 Å². The molecule has 92 valence electrons. The van der Waals surface area contributed by atoms with Gasteiger partial charge in [-0.3, -0.25) is 4.79 Å². The van der Waals surface area contributed by atoms with Crippen LogP contribution < -0.4 is 4.74 Å². The first-order chi connectivity index (χ1) is 7.87. The molecule has 1 N–H and O–H groups in total. The van der Waals surface area contributed by atoms with E-state index in [4.69, 9.17) is 4.74 Å². The quantitative estimate of drug-likeness (QED) is 0.880. The summed E-state index contributed by atoms with van der Waals surface area (Å²) in [5.41, 5.74) is -1.45. The van der Waals surface area contributed by atoms with Gasteiger partial charge in [0.05, 0.1) is 7.11 Å². The van der Waals surface area contributed by atoms with Crippen LogP contribution in [0.1, 0.15) is 25.8 Å². The number of hydrogen-bond acceptors (Lipinski definition) is 2. The van der Waals surface area contributed by atoms with Crippen LogP contribution in [0.15, 0.2) is 18.2 Å². The summed E-state index contributed by atoms with van der Waals surface area (Å²) in [4.78, 5) is 11.5. The van der Waals surface area contributed by atoms with Crippen LogP contribution in [0.5, 0.6) is 5.75 Å². The predicted octanol–water partition coefficient (Wildman–Crippen LogP) is 2.59. The van der Waals surface area contributed by atoms with Crippen molar-refractivity contribution in [3.63, 3.8) is 0 Å². The molecule has 1 aliphatic rings. The highest BCUT2D eigenvalue weighted by molar-refractivity contribution is 5.88. The van der Waals surface area contributed by atoms with Gasteiger partial charge in [0, 0.05) is 5.56 Å². The smallest absolute Gasteiger partial charge is 0.314 e. The Kier molecular flexibility index (Phi) is 2.42. The van der Waals surface area contributed by atoms with E-state index in [1.54, 1.807) is 6.07 Å². The van der Waals surface area contributed by atoms with Crippen molar-refractivity contribution >= 4 is 5.97 Å². The highest BCUT2D eigenvalue weighted by Gasteiger charge is 2.69. The second kappa shape index (κ2) is 3.45. The van der Waals surface area contributed by atoms with Gasteiger partial charge in [0.1, 0.15) is 17.0 Å². The van der Waals surface area contributed by atoms with Crippen molar-refractivity contribution in [1.82, 2.24) is 0 Å². The van der Waals surface area contributed by atoms with Gasteiger partial charge in [-0.05, 0) is 24.0 Å². The molecule has 0 heterocycles. The summed E-state index contributed by atoms with van der Waals surface area (Å²) in [6, 6.07) is 4.39. The Labute approximate surface area is 99.2 Å². The van der Waals surface area contributed by atoms with Gasteiger partial charge in [-0.15, -0.1) is 0 Å². The molecule has 1 aromatic carbocycles. The lowest BCUT2D eigenvalue weighted by molar-refractivity contribution is -0.141. The van der Waals surface area contributed by atoms with Gasteiger partial charge in [0.15, 0.2) is 0 Å². The minimum Gasteiger partial charge on any atom is -0.496 e. The first-order valence-electron chi connectivity index (χ1n) is 5.43. The highest BCUT2D eigenvalue weighted by Crippen LogP contribution is 2.66. The maximum atomic E-state index is 13.9. The van der Waals surface area contributed by atoms with Crippen LogP contribution in [0.2, 0.25) is 0 Å². The number of aliphatic carboxylic acids is 1. The molecule has 0 saturated heterocycles. The Morgan fingerprint density at radius 3 is 2.47 bits per heavy atom. The largest absolute Gasteiger partial charge is 0.496 e. The fraction of sp³-hybridized carbons (Fsp3) is 0.462. The number of carbonyl (C=O) groups is 1. The van der Waals surface area contributed by atoms with Crippen LogP contribution in [-0.4, -0.2) is 18.2 Å². The maximum absolute atomic E-state index is 13.9. The molecule has 2 rings (SSSR count). The Morgan fingerprint density at radius 1 is 1.47 bits per heavy atom. The molecule has 0 bridgehead atoms. The number of carboxylic acid groups (broad SMARTS) is 1. The molecule has 1 unspecified atom stereocenters. The third kappa shape index (κ3) is 1.43. The molecule has 0 radical (unpaired) electrons. The normalized spacial score (nSPS) is 25.4. The summed E-state index contributed by atoms with van der Waals surface area (Å²) < 4.78 is 19.0. The third-order valence-corrected chi connectivity index (χ3v) is 3.72. The molecule has 1 saturated carbocycles. The van der Waals surface area contributed by atoms with Crippen molar-refractivity contribution in [2.75, 3.05) is 7.11 Å². The van der Waals surface area contributed by atoms with E-state index in [2.05, 4.69) is 0 Å². The molecule has 0 aromatic heterocycles. The summed E-state index contributed by atoms with van der Waals surface area (Å²) >= 11 is 0. The van der Waals surface area contributed by atoms with E-state index in [0.29, 0.717) is 12.2 Å². The van der Waals surface area contributed by atoms with Crippen molar-refractivity contribution in [3.05, 3.63) is 29.6 Å². The Balaban J connectivity index is 2.65. The maximum Gasteiger partial charge on any atom is 0.314 e. The Hall–Kier alpha value is -1.58. The Bertz CT molecular complexity index is 482.